The predicted octanol–water partition coefficient (Wildman–Crippen LogP) is 4.01. The Labute approximate surface area is 142 Å². The maximum Gasteiger partial charge on any atom is 0.350 e. The molecule has 0 spiro atoms. The third kappa shape index (κ3) is 4.65. The molecule has 0 atom stereocenters. The first kappa shape index (κ1) is 17.7. The third-order valence-electron chi connectivity index (χ3n) is 3.16. The Morgan fingerprint density at radius 3 is 2.83 bits per heavy atom. The second-order valence-electron chi connectivity index (χ2n) is 5.49. The molecule has 1 aromatic carbocycles. The molecule has 4 nitrogen and oxygen atoms in total. The van der Waals surface area contributed by atoms with E-state index in [1.165, 1.54) is 18.2 Å². The van der Waals surface area contributed by atoms with E-state index in [1.807, 2.05) is 0 Å². The monoisotopic (exact) mass is 357 g/mol. The average molecular weight is 358 g/mol. The number of hydrogen-bond acceptors (Lipinski definition) is 4. The zero-order valence-corrected chi connectivity index (χ0v) is 14.4. The molecule has 1 N–H and O–H groups in total. The molecule has 0 aliphatic heterocycles. The summed E-state index contributed by atoms with van der Waals surface area (Å²) in [6.07, 6.45) is 0.855. The molecule has 2 aromatic rings. The van der Waals surface area contributed by atoms with E-state index in [9.17, 15) is 14.0 Å². The lowest BCUT2D eigenvalue weighted by atomic mass is 10.1. The van der Waals surface area contributed by atoms with Crippen molar-refractivity contribution in [1.29, 1.82) is 0 Å². The molecule has 0 radical (unpaired) electrons. The van der Waals surface area contributed by atoms with Crippen LogP contribution >= 0.6 is 22.9 Å². The highest BCUT2D eigenvalue weighted by Gasteiger charge is 2.19. The van der Waals surface area contributed by atoms with Crippen LogP contribution in [0.5, 0.6) is 0 Å². The van der Waals surface area contributed by atoms with Crippen molar-refractivity contribution < 1.29 is 18.7 Å². The zero-order chi connectivity index (χ0) is 17.0. The van der Waals surface area contributed by atoms with Gasteiger partial charge in [-0.25, -0.2) is 9.18 Å². The van der Waals surface area contributed by atoms with Gasteiger partial charge in [0.25, 0.3) is 5.91 Å². The largest absolute Gasteiger partial charge is 0.451 e. The van der Waals surface area contributed by atoms with Gasteiger partial charge in [0, 0.05) is 16.6 Å². The van der Waals surface area contributed by atoms with Gasteiger partial charge in [-0.2, -0.15) is 0 Å². The predicted molar refractivity (Wildman–Crippen MR) is 89.5 cm³/mol. The molecule has 124 valence electrons. The molecule has 0 saturated carbocycles. The summed E-state index contributed by atoms with van der Waals surface area (Å²) in [6, 6.07) is 4.10. The van der Waals surface area contributed by atoms with Crippen molar-refractivity contribution in [3.8, 4) is 0 Å². The number of carbonyl (C=O) groups is 2. The highest BCUT2D eigenvalue weighted by atomic mass is 35.5. The number of halogens is 2. The highest BCUT2D eigenvalue weighted by molar-refractivity contribution is 7.21. The van der Waals surface area contributed by atoms with Gasteiger partial charge < -0.3 is 10.1 Å². The number of ether oxygens (including phenoxy) is 1. The van der Waals surface area contributed by atoms with E-state index in [-0.39, 0.29) is 22.4 Å². The van der Waals surface area contributed by atoms with Crippen molar-refractivity contribution in [1.82, 2.24) is 5.32 Å². The minimum Gasteiger partial charge on any atom is -0.451 e. The van der Waals surface area contributed by atoms with Gasteiger partial charge >= 0.3 is 5.97 Å². The normalized spacial score (nSPS) is 11.0. The Bertz CT molecular complexity index is 729. The van der Waals surface area contributed by atoms with E-state index < -0.39 is 11.8 Å². The molecule has 0 saturated heterocycles. The lowest BCUT2D eigenvalue weighted by Crippen LogP contribution is -2.30. The van der Waals surface area contributed by atoms with Crippen LogP contribution in [0.1, 0.15) is 29.9 Å². The summed E-state index contributed by atoms with van der Waals surface area (Å²) >= 11 is 7.17. The van der Waals surface area contributed by atoms with Gasteiger partial charge in [0.2, 0.25) is 0 Å². The fourth-order valence-electron chi connectivity index (χ4n) is 1.92. The van der Waals surface area contributed by atoms with Crippen molar-refractivity contribution in [3.63, 3.8) is 0 Å². The quantitative estimate of drug-likeness (QED) is 0.794. The van der Waals surface area contributed by atoms with Gasteiger partial charge in [0.1, 0.15) is 10.7 Å². The minimum absolute atomic E-state index is 0.169. The molecule has 0 aliphatic rings. The van der Waals surface area contributed by atoms with E-state index in [2.05, 4.69) is 19.2 Å². The molecular formula is C16H17ClFNO3S. The standard InChI is InChI=1S/C16H17ClFNO3S/c1-9(2)5-6-19-13(20)8-22-16(21)15-14(17)11-4-3-10(18)7-12(11)23-15/h3-4,7,9H,5-6,8H2,1-2H3,(H,19,20). The van der Waals surface area contributed by atoms with Crippen molar-refractivity contribution in [3.05, 3.63) is 33.9 Å². The van der Waals surface area contributed by atoms with Crippen LogP contribution in [0.25, 0.3) is 10.1 Å². The number of thiophene rings is 1. The van der Waals surface area contributed by atoms with Crippen LogP contribution in [0.15, 0.2) is 18.2 Å². The molecular weight excluding hydrogens is 341 g/mol. The van der Waals surface area contributed by atoms with Crippen LogP contribution < -0.4 is 5.32 Å². The summed E-state index contributed by atoms with van der Waals surface area (Å²) in [5.41, 5.74) is 0. The summed E-state index contributed by atoms with van der Waals surface area (Å²) in [4.78, 5) is 23.8. The lowest BCUT2D eigenvalue weighted by molar-refractivity contribution is -0.124. The molecule has 7 heteroatoms. The van der Waals surface area contributed by atoms with E-state index in [0.717, 1.165) is 17.8 Å². The van der Waals surface area contributed by atoms with E-state index >= 15 is 0 Å². The van der Waals surface area contributed by atoms with Gasteiger partial charge in [-0.1, -0.05) is 25.4 Å². The summed E-state index contributed by atoms with van der Waals surface area (Å²) in [5.74, 6) is -0.964. The van der Waals surface area contributed by atoms with Crippen LogP contribution in [0, 0.1) is 11.7 Å². The number of fused-ring (bicyclic) bond motifs is 1. The first-order chi connectivity index (χ1) is 10.9. The Balaban J connectivity index is 1.96. The van der Waals surface area contributed by atoms with Crippen LogP contribution in [0.2, 0.25) is 5.02 Å². The zero-order valence-electron chi connectivity index (χ0n) is 12.8. The fraction of sp³-hybridized carbons (Fsp3) is 0.375. The first-order valence-electron chi connectivity index (χ1n) is 7.20. The molecule has 0 unspecified atom stereocenters. The SMILES string of the molecule is CC(C)CCNC(=O)COC(=O)c1sc2cc(F)ccc2c1Cl. The number of esters is 1. The minimum atomic E-state index is -0.685. The van der Waals surface area contributed by atoms with Gasteiger partial charge in [-0.05, 0) is 30.5 Å². The lowest BCUT2D eigenvalue weighted by Gasteiger charge is -2.07. The van der Waals surface area contributed by atoms with Crippen molar-refractivity contribution in [2.24, 2.45) is 5.92 Å². The summed E-state index contributed by atoms with van der Waals surface area (Å²) < 4.78 is 18.7. The number of nitrogens with one attached hydrogen (secondary N) is 1. The topological polar surface area (TPSA) is 55.4 Å². The summed E-state index contributed by atoms with van der Waals surface area (Å²) in [7, 11) is 0. The third-order valence-corrected chi connectivity index (χ3v) is 4.79. The van der Waals surface area contributed by atoms with E-state index in [0.29, 0.717) is 22.5 Å². The molecule has 0 bridgehead atoms. The number of rotatable bonds is 6. The first-order valence-corrected chi connectivity index (χ1v) is 8.39. The number of benzene rings is 1. The molecule has 0 fully saturated rings. The molecule has 1 amide bonds. The maximum atomic E-state index is 13.2. The smallest absolute Gasteiger partial charge is 0.350 e. The van der Waals surface area contributed by atoms with Crippen LogP contribution in [0.3, 0.4) is 0 Å². The maximum absolute atomic E-state index is 13.2. The van der Waals surface area contributed by atoms with Gasteiger partial charge in [-0.15, -0.1) is 11.3 Å². The van der Waals surface area contributed by atoms with Crippen molar-refractivity contribution in [2.45, 2.75) is 20.3 Å². The second-order valence-corrected chi connectivity index (χ2v) is 6.92. The van der Waals surface area contributed by atoms with E-state index in [4.69, 9.17) is 16.3 Å². The Hall–Kier alpha value is -1.66. The molecule has 1 heterocycles. The fourth-order valence-corrected chi connectivity index (χ4v) is 3.35. The van der Waals surface area contributed by atoms with Crippen molar-refractivity contribution in [2.75, 3.05) is 13.2 Å². The Morgan fingerprint density at radius 1 is 1.39 bits per heavy atom. The van der Waals surface area contributed by atoms with Crippen LogP contribution in [-0.2, 0) is 9.53 Å². The van der Waals surface area contributed by atoms with Crippen LogP contribution in [0.4, 0.5) is 4.39 Å². The summed E-state index contributed by atoms with van der Waals surface area (Å²) in [6.45, 7) is 4.28. The Morgan fingerprint density at radius 2 is 2.13 bits per heavy atom. The van der Waals surface area contributed by atoms with Gasteiger partial charge in [0.15, 0.2) is 6.61 Å². The van der Waals surface area contributed by atoms with Crippen LogP contribution in [-0.4, -0.2) is 25.0 Å². The average Bonchev–Trinajstić information content (AvgIpc) is 2.81. The molecule has 23 heavy (non-hydrogen) atoms. The van der Waals surface area contributed by atoms with Crippen molar-refractivity contribution >= 4 is 44.9 Å². The highest BCUT2D eigenvalue weighted by Crippen LogP contribution is 2.36. The molecule has 1 aromatic heterocycles. The van der Waals surface area contributed by atoms with E-state index in [1.54, 1.807) is 0 Å². The number of amides is 1. The second kappa shape index (κ2) is 7.75. The molecule has 0 aliphatic carbocycles. The van der Waals surface area contributed by atoms with Gasteiger partial charge in [0.05, 0.1) is 5.02 Å². The number of hydrogen-bond donors (Lipinski definition) is 1. The number of carbonyl (C=O) groups excluding carboxylic acids is 2. The summed E-state index contributed by atoms with van der Waals surface area (Å²) in [5, 5.41) is 3.48. The van der Waals surface area contributed by atoms with Gasteiger partial charge in [-0.3, -0.25) is 4.79 Å². The Kier molecular flexibility index (Phi) is 5.96. The molecule has 2 rings (SSSR count).